The second-order valence-corrected chi connectivity index (χ2v) is 16.7. The van der Waals surface area contributed by atoms with Crippen LogP contribution < -0.4 is 5.32 Å². The lowest BCUT2D eigenvalue weighted by Crippen LogP contribution is -2.51. The van der Waals surface area contributed by atoms with Gasteiger partial charge in [-0.25, -0.2) is 4.79 Å². The van der Waals surface area contributed by atoms with Crippen LogP contribution >= 0.6 is 11.8 Å². The highest BCUT2D eigenvalue weighted by Crippen LogP contribution is 2.52. The second-order valence-electron chi connectivity index (χ2n) is 15.2. The third-order valence-electron chi connectivity index (χ3n) is 10.5. The zero-order valence-corrected chi connectivity index (χ0v) is 31.4. The van der Waals surface area contributed by atoms with Crippen molar-refractivity contribution in [3.63, 3.8) is 0 Å². The molecular formula is C44H55N3O2S. The normalized spacial score (nSPS) is 19.5. The van der Waals surface area contributed by atoms with Gasteiger partial charge in [-0.05, 0) is 67.3 Å². The summed E-state index contributed by atoms with van der Waals surface area (Å²) in [7, 11) is 0. The summed E-state index contributed by atoms with van der Waals surface area (Å²) in [4.78, 5) is 18.5. The summed E-state index contributed by atoms with van der Waals surface area (Å²) in [5.41, 5.74) is 6.10. The fraction of sp³-hybridized carbons (Fsp3) is 0.432. The average molecular weight is 690 g/mol. The number of benzene rings is 4. The van der Waals surface area contributed by atoms with Gasteiger partial charge in [0, 0.05) is 50.1 Å². The molecule has 1 amide bonds. The van der Waals surface area contributed by atoms with Crippen LogP contribution in [0.3, 0.4) is 0 Å². The van der Waals surface area contributed by atoms with Crippen LogP contribution in [0.25, 0.3) is 0 Å². The fourth-order valence-electron chi connectivity index (χ4n) is 7.68. The van der Waals surface area contributed by atoms with Crippen molar-refractivity contribution in [1.82, 2.24) is 15.1 Å². The summed E-state index contributed by atoms with van der Waals surface area (Å²) >= 11 is 1.98. The van der Waals surface area contributed by atoms with E-state index in [2.05, 4.69) is 139 Å². The smallest absolute Gasteiger partial charge is 0.410 e. The summed E-state index contributed by atoms with van der Waals surface area (Å²) in [6, 6.07) is 41.9. The highest BCUT2D eigenvalue weighted by Gasteiger charge is 2.45. The molecule has 1 unspecified atom stereocenters. The Kier molecular flexibility index (Phi) is 11.7. The number of nitrogens with zero attached hydrogens (tertiary/aromatic N) is 2. The van der Waals surface area contributed by atoms with Crippen LogP contribution in [0.4, 0.5) is 4.79 Å². The number of thioether (sulfide) groups is 1. The number of likely N-dealkylation sites (tertiary alicyclic amines) is 1. The van der Waals surface area contributed by atoms with Gasteiger partial charge in [0.15, 0.2) is 0 Å². The first-order valence-electron chi connectivity index (χ1n) is 18.5. The molecule has 1 fully saturated rings. The van der Waals surface area contributed by atoms with E-state index in [1.165, 1.54) is 27.8 Å². The van der Waals surface area contributed by atoms with Gasteiger partial charge in [0.05, 0.1) is 4.75 Å². The maximum Gasteiger partial charge on any atom is 0.410 e. The largest absolute Gasteiger partial charge is 0.444 e. The SMILES string of the molecule is CCC(C)[C@@H](CN1CCc2ccccc2C1)NC[C@@H]1C[C@H](SC(c2ccccc2)(c2ccccc2)c2ccccc2)CN1C(=O)OC(C)(C)C. The van der Waals surface area contributed by atoms with Crippen molar-refractivity contribution in [2.24, 2.45) is 5.92 Å². The van der Waals surface area contributed by atoms with Crippen LogP contribution in [0.2, 0.25) is 0 Å². The van der Waals surface area contributed by atoms with Gasteiger partial charge in [-0.3, -0.25) is 4.90 Å². The monoisotopic (exact) mass is 689 g/mol. The molecule has 4 aromatic carbocycles. The molecule has 1 N–H and O–H groups in total. The molecule has 2 heterocycles. The molecule has 6 rings (SSSR count). The van der Waals surface area contributed by atoms with Crippen LogP contribution in [0, 0.1) is 5.92 Å². The zero-order valence-electron chi connectivity index (χ0n) is 30.6. The molecule has 4 atom stereocenters. The number of amides is 1. The molecule has 0 saturated carbocycles. The molecule has 1 saturated heterocycles. The molecule has 2 aliphatic rings. The molecule has 0 bridgehead atoms. The van der Waals surface area contributed by atoms with Gasteiger partial charge >= 0.3 is 6.09 Å². The number of hydrogen-bond acceptors (Lipinski definition) is 5. The highest BCUT2D eigenvalue weighted by molar-refractivity contribution is 8.01. The van der Waals surface area contributed by atoms with Gasteiger partial charge < -0.3 is 15.0 Å². The first-order valence-corrected chi connectivity index (χ1v) is 19.4. The van der Waals surface area contributed by atoms with Gasteiger partial charge in [-0.15, -0.1) is 11.8 Å². The lowest BCUT2D eigenvalue weighted by molar-refractivity contribution is 0.0222. The van der Waals surface area contributed by atoms with E-state index in [0.29, 0.717) is 18.5 Å². The van der Waals surface area contributed by atoms with Gasteiger partial charge in [-0.2, -0.15) is 0 Å². The fourth-order valence-corrected chi connectivity index (χ4v) is 9.55. The number of carbonyl (C=O) groups is 1. The Morgan fingerprint density at radius 3 is 1.92 bits per heavy atom. The molecule has 4 aromatic rings. The van der Waals surface area contributed by atoms with Crippen LogP contribution in [0.15, 0.2) is 115 Å². The van der Waals surface area contributed by atoms with Gasteiger partial charge in [0.1, 0.15) is 5.60 Å². The van der Waals surface area contributed by atoms with E-state index in [1.54, 1.807) is 0 Å². The molecule has 0 aromatic heterocycles. The number of fused-ring (bicyclic) bond motifs is 1. The Hall–Kier alpha value is -3.58. The minimum atomic E-state index is -0.564. The lowest BCUT2D eigenvalue weighted by atomic mass is 9.84. The molecule has 0 aliphatic carbocycles. The van der Waals surface area contributed by atoms with E-state index in [4.69, 9.17) is 4.74 Å². The van der Waals surface area contributed by atoms with Crippen molar-refractivity contribution in [1.29, 1.82) is 0 Å². The van der Waals surface area contributed by atoms with Crippen molar-refractivity contribution < 1.29 is 9.53 Å². The number of carbonyl (C=O) groups excluding carboxylic acids is 1. The van der Waals surface area contributed by atoms with E-state index in [0.717, 1.165) is 45.4 Å². The van der Waals surface area contributed by atoms with E-state index in [-0.39, 0.29) is 17.4 Å². The Bertz CT molecular complexity index is 1560. The molecule has 50 heavy (non-hydrogen) atoms. The quantitative estimate of drug-likeness (QED) is 0.150. The first kappa shape index (κ1) is 36.2. The highest BCUT2D eigenvalue weighted by atomic mass is 32.2. The summed E-state index contributed by atoms with van der Waals surface area (Å²) in [6.07, 6.45) is 2.87. The first-order chi connectivity index (χ1) is 24.2. The molecule has 0 spiro atoms. The van der Waals surface area contributed by atoms with E-state index in [9.17, 15) is 4.79 Å². The van der Waals surface area contributed by atoms with E-state index >= 15 is 0 Å². The Balaban J connectivity index is 1.27. The van der Waals surface area contributed by atoms with Crippen molar-refractivity contribution in [3.8, 4) is 0 Å². The third-order valence-corrected chi connectivity index (χ3v) is 12.2. The van der Waals surface area contributed by atoms with Crippen molar-refractivity contribution in [2.75, 3.05) is 26.2 Å². The molecular weight excluding hydrogens is 635 g/mol. The van der Waals surface area contributed by atoms with Gasteiger partial charge in [0.2, 0.25) is 0 Å². The minimum Gasteiger partial charge on any atom is -0.444 e. The maximum absolute atomic E-state index is 13.9. The van der Waals surface area contributed by atoms with Crippen LogP contribution in [0.1, 0.15) is 75.3 Å². The van der Waals surface area contributed by atoms with Crippen LogP contribution in [-0.4, -0.2) is 65.0 Å². The Labute approximate surface area is 304 Å². The lowest BCUT2D eigenvalue weighted by Gasteiger charge is -2.37. The number of ether oxygens (including phenoxy) is 1. The van der Waals surface area contributed by atoms with Crippen LogP contribution in [-0.2, 0) is 22.4 Å². The molecule has 6 heteroatoms. The minimum absolute atomic E-state index is 0.0241. The third kappa shape index (κ3) is 8.47. The predicted octanol–water partition coefficient (Wildman–Crippen LogP) is 9.15. The number of hydrogen-bond donors (Lipinski definition) is 1. The Morgan fingerprint density at radius 2 is 1.38 bits per heavy atom. The zero-order chi connectivity index (χ0) is 35.1. The summed E-state index contributed by atoms with van der Waals surface area (Å²) in [5.74, 6) is 0.510. The van der Waals surface area contributed by atoms with E-state index in [1.807, 2.05) is 37.4 Å². The molecule has 5 nitrogen and oxygen atoms in total. The van der Waals surface area contributed by atoms with Crippen molar-refractivity contribution in [2.45, 2.75) is 88.1 Å². The molecule has 2 aliphatic heterocycles. The average Bonchev–Trinajstić information content (AvgIpc) is 3.55. The maximum atomic E-state index is 13.9. The second kappa shape index (κ2) is 16.2. The van der Waals surface area contributed by atoms with Gasteiger partial charge in [0.25, 0.3) is 0 Å². The van der Waals surface area contributed by atoms with Crippen molar-refractivity contribution >= 4 is 17.9 Å². The molecule has 264 valence electrons. The van der Waals surface area contributed by atoms with E-state index < -0.39 is 10.3 Å². The van der Waals surface area contributed by atoms with Crippen molar-refractivity contribution in [3.05, 3.63) is 143 Å². The summed E-state index contributed by atoms with van der Waals surface area (Å²) < 4.78 is 5.61. The van der Waals surface area contributed by atoms with Gasteiger partial charge in [-0.1, -0.05) is 136 Å². The summed E-state index contributed by atoms with van der Waals surface area (Å²) in [6.45, 7) is 15.0. The van der Waals surface area contributed by atoms with Crippen LogP contribution in [0.5, 0.6) is 0 Å². The standard InChI is InChI=1S/C44H55N3O2S/c1-6-33(2)41(32-46-27-26-34-18-16-17-19-35(34)30-46)45-29-39-28-40(31-47(39)42(48)49-43(3,4)5)50-44(36-20-10-7-11-21-36,37-22-12-8-13-23-37)38-24-14-9-15-25-38/h7-25,33,39-41,45H,6,26-32H2,1-5H3/t33?,39-,40-,41+/m0/s1. The number of nitrogens with one attached hydrogen (secondary N) is 1. The Morgan fingerprint density at radius 1 is 0.840 bits per heavy atom. The predicted molar refractivity (Wildman–Crippen MR) is 209 cm³/mol. The number of rotatable bonds is 12. The topological polar surface area (TPSA) is 44.8 Å². The molecule has 0 radical (unpaired) electrons. The summed E-state index contributed by atoms with van der Waals surface area (Å²) in [5, 5.41) is 4.20.